The van der Waals surface area contributed by atoms with E-state index in [1.807, 2.05) is 37.3 Å². The van der Waals surface area contributed by atoms with Gasteiger partial charge in [0, 0.05) is 22.8 Å². The summed E-state index contributed by atoms with van der Waals surface area (Å²) in [6.45, 7) is 6.25. The Morgan fingerprint density at radius 3 is 2.65 bits per heavy atom. The number of hydrogen-bond donors (Lipinski definition) is 3. The smallest absolute Gasteiger partial charge is 0.352 e. The zero-order chi connectivity index (χ0) is 24.4. The normalized spacial score (nSPS) is 23.1. The van der Waals surface area contributed by atoms with Crippen molar-refractivity contribution in [1.29, 1.82) is 0 Å². The van der Waals surface area contributed by atoms with Crippen LogP contribution in [0, 0.1) is 0 Å². The number of carboxylic acid groups (broad SMARTS) is 1. The predicted molar refractivity (Wildman–Crippen MR) is 131 cm³/mol. The van der Waals surface area contributed by atoms with Crippen molar-refractivity contribution in [2.75, 3.05) is 18.1 Å². The molecule has 0 aliphatic carbocycles. The van der Waals surface area contributed by atoms with Crippen LogP contribution in [-0.4, -0.2) is 63.2 Å². The van der Waals surface area contributed by atoms with Gasteiger partial charge in [-0.2, -0.15) is 0 Å². The first kappa shape index (κ1) is 24.2. The summed E-state index contributed by atoms with van der Waals surface area (Å²) >= 11 is 2.76. The molecule has 8 nitrogen and oxygen atoms in total. The maximum Gasteiger partial charge on any atom is 0.352 e. The van der Waals surface area contributed by atoms with Crippen LogP contribution in [0.1, 0.15) is 19.8 Å². The molecule has 2 fully saturated rings. The topological polar surface area (TPSA) is 116 Å². The highest BCUT2D eigenvalue weighted by Gasteiger charge is 2.54. The fourth-order valence-electron chi connectivity index (χ4n) is 4.24. The molecule has 34 heavy (non-hydrogen) atoms. The third kappa shape index (κ3) is 4.78. The summed E-state index contributed by atoms with van der Waals surface area (Å²) < 4.78 is 0. The molecular weight excluding hydrogens is 474 g/mol. The molecule has 0 radical (unpaired) electrons. The molecule has 0 spiro atoms. The lowest BCUT2D eigenvalue weighted by Gasteiger charge is -2.49. The van der Waals surface area contributed by atoms with Crippen LogP contribution < -0.4 is 10.6 Å². The average molecular weight is 500 g/mol. The molecule has 0 unspecified atom stereocenters. The number of benzene rings is 1. The van der Waals surface area contributed by atoms with Crippen molar-refractivity contribution in [3.8, 4) is 0 Å². The average Bonchev–Trinajstić information content (AvgIpc) is 3.24. The molecule has 1 aromatic carbocycles. The Hall–Kier alpha value is -2.98. The lowest BCUT2D eigenvalue weighted by molar-refractivity contribution is -0.150. The first-order valence-corrected chi connectivity index (χ1v) is 12.8. The number of fused-ring (bicyclic) bond motifs is 1. The molecule has 2 saturated heterocycles. The number of aliphatic carboxylic acids is 1. The Morgan fingerprint density at radius 1 is 1.29 bits per heavy atom. The highest BCUT2D eigenvalue weighted by Crippen LogP contribution is 2.44. The number of carboxylic acids is 1. The van der Waals surface area contributed by atoms with E-state index >= 15 is 0 Å². The van der Waals surface area contributed by atoms with Gasteiger partial charge in [0.15, 0.2) is 0 Å². The quantitative estimate of drug-likeness (QED) is 0.218. The van der Waals surface area contributed by atoms with Gasteiger partial charge in [-0.3, -0.25) is 19.3 Å². The fourth-order valence-corrected chi connectivity index (χ4v) is 6.35. The van der Waals surface area contributed by atoms with Crippen LogP contribution in [0.4, 0.5) is 0 Å². The minimum Gasteiger partial charge on any atom is -0.477 e. The fraction of sp³-hybridized carbons (Fsp3) is 0.333. The van der Waals surface area contributed by atoms with Gasteiger partial charge >= 0.3 is 5.97 Å². The van der Waals surface area contributed by atoms with Crippen molar-refractivity contribution in [3.05, 3.63) is 64.9 Å². The molecule has 4 rings (SSSR count). The second-order valence-electron chi connectivity index (χ2n) is 8.29. The Balaban J connectivity index is 1.54. The van der Waals surface area contributed by atoms with Gasteiger partial charge in [0.25, 0.3) is 5.91 Å². The SMILES string of the molecule is C=C(C)CC(=C1CCNC1=O)C1=C(C(=O)O)N2C(=O)[C@@H](NC(=O)CSc3ccccc3)[C@H]2SC1. The number of amides is 3. The van der Waals surface area contributed by atoms with E-state index in [4.69, 9.17) is 0 Å². The third-order valence-corrected chi connectivity index (χ3v) is 8.03. The summed E-state index contributed by atoms with van der Waals surface area (Å²) in [5, 5.41) is 15.0. The predicted octanol–water partition coefficient (Wildman–Crippen LogP) is 2.30. The van der Waals surface area contributed by atoms with Gasteiger partial charge in [-0.05, 0) is 43.0 Å². The molecule has 2 atom stereocenters. The van der Waals surface area contributed by atoms with Crippen molar-refractivity contribution in [2.24, 2.45) is 0 Å². The van der Waals surface area contributed by atoms with Crippen LogP contribution in [0.5, 0.6) is 0 Å². The molecule has 3 N–H and O–H groups in total. The molecule has 0 bridgehead atoms. The number of nitrogens with one attached hydrogen (secondary N) is 2. The summed E-state index contributed by atoms with van der Waals surface area (Å²) in [4.78, 5) is 52.3. The Morgan fingerprint density at radius 2 is 2.03 bits per heavy atom. The number of rotatable bonds is 8. The van der Waals surface area contributed by atoms with Gasteiger partial charge in [-0.1, -0.05) is 30.4 Å². The monoisotopic (exact) mass is 499 g/mol. The molecule has 3 aliphatic rings. The van der Waals surface area contributed by atoms with Crippen LogP contribution in [0.15, 0.2) is 69.8 Å². The van der Waals surface area contributed by atoms with E-state index in [1.165, 1.54) is 28.4 Å². The Bertz CT molecular complexity index is 1130. The van der Waals surface area contributed by atoms with Crippen molar-refractivity contribution in [1.82, 2.24) is 15.5 Å². The van der Waals surface area contributed by atoms with E-state index in [0.29, 0.717) is 41.9 Å². The number of carbonyl (C=O) groups is 4. The molecule has 1 aromatic rings. The number of thioether (sulfide) groups is 2. The van der Waals surface area contributed by atoms with Gasteiger partial charge in [0.1, 0.15) is 17.1 Å². The maximum absolute atomic E-state index is 13.0. The lowest BCUT2D eigenvalue weighted by Crippen LogP contribution is -2.70. The van der Waals surface area contributed by atoms with E-state index in [2.05, 4.69) is 17.2 Å². The van der Waals surface area contributed by atoms with Crippen LogP contribution >= 0.6 is 23.5 Å². The summed E-state index contributed by atoms with van der Waals surface area (Å²) in [5.74, 6) is -1.71. The van der Waals surface area contributed by atoms with Crippen LogP contribution in [0.25, 0.3) is 0 Å². The molecule has 3 aliphatic heterocycles. The van der Waals surface area contributed by atoms with Gasteiger partial charge in [0.2, 0.25) is 11.8 Å². The number of hydrogen-bond acceptors (Lipinski definition) is 6. The Labute approximate surface area is 205 Å². The first-order valence-electron chi connectivity index (χ1n) is 10.8. The third-order valence-electron chi connectivity index (χ3n) is 5.74. The number of nitrogens with zero attached hydrogens (tertiary/aromatic N) is 1. The summed E-state index contributed by atoms with van der Waals surface area (Å²) in [5.41, 5.74) is 2.34. The standard InChI is InChI=1S/C24H25N3O5S2/c1-13(2)10-16(15-8-9-25-21(15)29)17-11-34-23-19(22(30)27(23)20(17)24(31)32)26-18(28)12-33-14-6-4-3-5-7-14/h3-7,19,23H,1,8-12H2,2H3,(H,25,29)(H,26,28)(H,31,32)/t19-,23-/m1/s1. The van der Waals surface area contributed by atoms with Gasteiger partial charge in [-0.25, -0.2) is 4.79 Å². The van der Waals surface area contributed by atoms with E-state index in [1.54, 1.807) is 0 Å². The number of allylic oxidation sites excluding steroid dienone is 2. The second-order valence-corrected chi connectivity index (χ2v) is 10.4. The molecule has 0 aromatic heterocycles. The zero-order valence-corrected chi connectivity index (χ0v) is 20.3. The van der Waals surface area contributed by atoms with Gasteiger partial charge < -0.3 is 15.7 Å². The van der Waals surface area contributed by atoms with Gasteiger partial charge in [0.05, 0.1) is 5.75 Å². The minimum atomic E-state index is -1.23. The van der Waals surface area contributed by atoms with E-state index < -0.39 is 23.3 Å². The largest absolute Gasteiger partial charge is 0.477 e. The van der Waals surface area contributed by atoms with Crippen LogP contribution in [0.2, 0.25) is 0 Å². The van der Waals surface area contributed by atoms with Crippen molar-refractivity contribution < 1.29 is 24.3 Å². The summed E-state index contributed by atoms with van der Waals surface area (Å²) in [7, 11) is 0. The van der Waals surface area contributed by atoms with E-state index in [0.717, 1.165) is 10.5 Å². The molecule has 10 heteroatoms. The van der Waals surface area contributed by atoms with Crippen molar-refractivity contribution in [3.63, 3.8) is 0 Å². The van der Waals surface area contributed by atoms with Crippen LogP contribution in [0.3, 0.4) is 0 Å². The summed E-state index contributed by atoms with van der Waals surface area (Å²) in [6, 6.07) is 8.69. The van der Waals surface area contributed by atoms with Crippen molar-refractivity contribution in [2.45, 2.75) is 36.1 Å². The highest BCUT2D eigenvalue weighted by molar-refractivity contribution is 8.00. The van der Waals surface area contributed by atoms with E-state index in [-0.39, 0.29) is 23.3 Å². The number of carbonyl (C=O) groups excluding carboxylic acids is 3. The maximum atomic E-state index is 13.0. The highest BCUT2D eigenvalue weighted by atomic mass is 32.2. The lowest BCUT2D eigenvalue weighted by atomic mass is 9.91. The number of β-lactam (4-membered cyclic amide) rings is 1. The molecule has 178 valence electrons. The Kier molecular flexibility index (Phi) is 7.18. The van der Waals surface area contributed by atoms with Crippen molar-refractivity contribution >= 4 is 47.2 Å². The molecule has 3 amide bonds. The zero-order valence-electron chi connectivity index (χ0n) is 18.6. The molecule has 3 heterocycles. The summed E-state index contributed by atoms with van der Waals surface area (Å²) in [6.07, 6.45) is 0.858. The van der Waals surface area contributed by atoms with E-state index in [9.17, 15) is 24.3 Å². The first-order chi connectivity index (χ1) is 16.3. The molecular formula is C24H25N3O5S2. The van der Waals surface area contributed by atoms with Crippen LogP contribution in [-0.2, 0) is 19.2 Å². The van der Waals surface area contributed by atoms with Gasteiger partial charge in [-0.15, -0.1) is 23.5 Å². The molecule has 0 saturated carbocycles. The second kappa shape index (κ2) is 10.1. The minimum absolute atomic E-state index is 0.110.